The van der Waals surface area contributed by atoms with E-state index in [1.165, 1.54) is 24.5 Å². The van der Waals surface area contributed by atoms with Crippen molar-refractivity contribution in [3.05, 3.63) is 32.6 Å². The summed E-state index contributed by atoms with van der Waals surface area (Å²) in [6.45, 7) is 15.6. The first-order chi connectivity index (χ1) is 19.0. The van der Waals surface area contributed by atoms with E-state index in [1.807, 2.05) is 0 Å². The van der Waals surface area contributed by atoms with Crippen LogP contribution in [0.5, 0.6) is 0 Å². The van der Waals surface area contributed by atoms with Gasteiger partial charge < -0.3 is 33.2 Å². The number of hydrogen-bond donors (Lipinski definition) is 2. The van der Waals surface area contributed by atoms with Gasteiger partial charge in [-0.2, -0.15) is 0 Å². The van der Waals surface area contributed by atoms with Crippen LogP contribution in [-0.2, 0) is 37.3 Å². The number of amides is 1. The lowest BCUT2D eigenvalue weighted by Gasteiger charge is -2.41. The predicted molar refractivity (Wildman–Crippen MR) is 157 cm³/mol. The Labute approximate surface area is 243 Å². The van der Waals surface area contributed by atoms with Gasteiger partial charge in [0.05, 0.1) is 32.1 Å². The molecule has 41 heavy (non-hydrogen) atoms. The minimum atomic E-state index is -3.20. The van der Waals surface area contributed by atoms with E-state index in [4.69, 9.17) is 27.9 Å². The molecule has 0 spiro atoms. The molecule has 1 aromatic heterocycles. The van der Waals surface area contributed by atoms with E-state index in [-0.39, 0.29) is 43.5 Å². The summed E-state index contributed by atoms with van der Waals surface area (Å²) in [4.78, 5) is 39.7. The van der Waals surface area contributed by atoms with Crippen LogP contribution in [0.3, 0.4) is 0 Å². The molecule has 2 heterocycles. The second kappa shape index (κ2) is 14.7. The van der Waals surface area contributed by atoms with Gasteiger partial charge >= 0.3 is 5.69 Å². The maximum absolute atomic E-state index is 13.4. The van der Waals surface area contributed by atoms with Crippen LogP contribution in [0.2, 0.25) is 18.1 Å². The van der Waals surface area contributed by atoms with Crippen LogP contribution in [0.25, 0.3) is 0 Å². The summed E-state index contributed by atoms with van der Waals surface area (Å²) in [6, 6.07) is 0. The highest BCUT2D eigenvalue weighted by Gasteiger charge is 2.55. The van der Waals surface area contributed by atoms with Crippen molar-refractivity contribution in [2.45, 2.75) is 83.4 Å². The molecule has 0 radical (unpaired) electrons. The van der Waals surface area contributed by atoms with Crippen molar-refractivity contribution >= 4 is 21.6 Å². The monoisotopic (exact) mass is 621 g/mol. The van der Waals surface area contributed by atoms with Crippen molar-refractivity contribution in [2.24, 2.45) is 0 Å². The van der Waals surface area contributed by atoms with Crippen LogP contribution in [0, 0.1) is 6.92 Å². The summed E-state index contributed by atoms with van der Waals surface area (Å²) in [5.74, 6) is -0.380. The van der Waals surface area contributed by atoms with Crippen LogP contribution >= 0.6 is 7.37 Å². The number of aromatic nitrogens is 2. The SMILES string of the molecule is CCOP(C)(=O)C[C@H](OCC(=O)NC)[C@H]1O[C@@H](n2cc(C)c(=O)[nH]c2=O)[C@H](OCCOC)[C@@H]1O[Si](C)(C)C(C)(C)C. The summed E-state index contributed by atoms with van der Waals surface area (Å²) >= 11 is 0. The van der Waals surface area contributed by atoms with Gasteiger partial charge in [-0.05, 0) is 32.0 Å². The minimum absolute atomic E-state index is 0.0725. The Morgan fingerprint density at radius 2 is 1.90 bits per heavy atom. The molecule has 0 saturated carbocycles. The molecule has 2 N–H and O–H groups in total. The van der Waals surface area contributed by atoms with E-state index >= 15 is 0 Å². The fraction of sp³-hybridized carbons (Fsp3) is 0.808. The molecule has 1 saturated heterocycles. The smallest absolute Gasteiger partial charge is 0.330 e. The second-order valence-electron chi connectivity index (χ2n) is 11.8. The molecule has 2 rings (SSSR count). The molecule has 1 unspecified atom stereocenters. The van der Waals surface area contributed by atoms with Crippen molar-refractivity contribution in [3.63, 3.8) is 0 Å². The summed E-state index contributed by atoms with van der Waals surface area (Å²) in [7, 11) is -2.67. The van der Waals surface area contributed by atoms with E-state index in [9.17, 15) is 18.9 Å². The molecule has 6 atom stereocenters. The van der Waals surface area contributed by atoms with Gasteiger partial charge in [0.25, 0.3) is 5.56 Å². The van der Waals surface area contributed by atoms with Gasteiger partial charge in [0, 0.05) is 32.6 Å². The van der Waals surface area contributed by atoms with Crippen molar-refractivity contribution in [3.8, 4) is 0 Å². The standard InChI is InChI=1S/C26H48N3O10PSi/c1-11-37-40(8,33)16-18(36-15-19(30)27-6)20-21(39-41(9,10)26(3,4)5)22(35-13-12-34-7)24(38-20)29-14-17(2)23(31)28-25(29)32/h14,18,20-22,24H,11-13,15-16H2,1-10H3,(H,27,30)(H,28,31,32)/t18-,20+,21+,22+,24+,40?/m0/s1. The number of nitrogens with zero attached hydrogens (tertiary/aromatic N) is 1. The molecule has 15 heteroatoms. The Bertz CT molecular complexity index is 1180. The number of rotatable bonds is 15. The zero-order valence-electron chi connectivity index (χ0n) is 26.0. The van der Waals surface area contributed by atoms with E-state index < -0.39 is 57.6 Å². The molecule has 1 aliphatic rings. The molecule has 1 amide bonds. The van der Waals surface area contributed by atoms with Gasteiger partial charge in [-0.25, -0.2) is 4.79 Å². The van der Waals surface area contributed by atoms with Crippen molar-refractivity contribution in [1.29, 1.82) is 0 Å². The molecule has 236 valence electrons. The van der Waals surface area contributed by atoms with Crippen LogP contribution < -0.4 is 16.6 Å². The highest BCUT2D eigenvalue weighted by Crippen LogP contribution is 2.47. The number of methoxy groups -OCH3 is 1. The van der Waals surface area contributed by atoms with Crippen LogP contribution in [0.15, 0.2) is 15.8 Å². The lowest BCUT2D eigenvalue weighted by molar-refractivity contribution is -0.135. The van der Waals surface area contributed by atoms with Crippen LogP contribution in [0.4, 0.5) is 0 Å². The molecule has 0 aromatic carbocycles. The Morgan fingerprint density at radius 3 is 2.46 bits per heavy atom. The van der Waals surface area contributed by atoms with Crippen molar-refractivity contribution < 1.29 is 37.3 Å². The average molecular weight is 622 g/mol. The quantitative estimate of drug-likeness (QED) is 0.169. The number of hydrogen-bond acceptors (Lipinski definition) is 10. The lowest BCUT2D eigenvalue weighted by Crippen LogP contribution is -2.53. The molecule has 1 aromatic rings. The first kappa shape index (κ1) is 35.6. The molecule has 13 nitrogen and oxygen atoms in total. The molecule has 1 aliphatic heterocycles. The zero-order chi connectivity index (χ0) is 31.2. The maximum Gasteiger partial charge on any atom is 0.330 e. The van der Waals surface area contributed by atoms with Crippen LogP contribution in [-0.4, -0.2) is 102 Å². The van der Waals surface area contributed by atoms with E-state index in [1.54, 1.807) is 21.0 Å². The number of ether oxygens (including phenoxy) is 4. The zero-order valence-corrected chi connectivity index (χ0v) is 27.9. The Kier molecular flexibility index (Phi) is 12.7. The number of nitrogens with one attached hydrogen (secondary N) is 2. The number of carbonyl (C=O) groups is 1. The number of H-pyrrole nitrogens is 1. The number of likely N-dealkylation sites (N-methyl/N-ethyl adjacent to an activating group) is 1. The van der Waals surface area contributed by atoms with Gasteiger partial charge in [0.1, 0.15) is 24.9 Å². The number of aryl methyl sites for hydroxylation is 1. The topological polar surface area (TPSA) is 156 Å². The van der Waals surface area contributed by atoms with Gasteiger partial charge in [-0.1, -0.05) is 20.8 Å². The fourth-order valence-electron chi connectivity index (χ4n) is 4.22. The average Bonchev–Trinajstić information content (AvgIpc) is 3.20. The fourth-order valence-corrected chi connectivity index (χ4v) is 7.14. The summed E-state index contributed by atoms with van der Waals surface area (Å²) in [6.07, 6.45) is -3.19. The molecule has 1 fully saturated rings. The van der Waals surface area contributed by atoms with Gasteiger partial charge in [-0.3, -0.25) is 23.7 Å². The third-order valence-corrected chi connectivity index (χ3v) is 13.8. The van der Waals surface area contributed by atoms with E-state index in [2.05, 4.69) is 44.2 Å². The first-order valence-electron chi connectivity index (χ1n) is 13.8. The van der Waals surface area contributed by atoms with Crippen LogP contribution in [0.1, 0.15) is 39.5 Å². The number of carbonyl (C=O) groups excluding carboxylic acids is 1. The summed E-state index contributed by atoms with van der Waals surface area (Å²) in [5, 5.41) is 2.31. The molecular weight excluding hydrogens is 573 g/mol. The van der Waals surface area contributed by atoms with Gasteiger partial charge in [0.15, 0.2) is 14.5 Å². The Balaban J connectivity index is 2.71. The van der Waals surface area contributed by atoms with Gasteiger partial charge in [-0.15, -0.1) is 0 Å². The van der Waals surface area contributed by atoms with E-state index in [0.29, 0.717) is 5.56 Å². The molecule has 0 aliphatic carbocycles. The Morgan fingerprint density at radius 1 is 1.24 bits per heavy atom. The highest BCUT2D eigenvalue weighted by atomic mass is 31.2. The Hall–Kier alpha value is -1.64. The highest BCUT2D eigenvalue weighted by molar-refractivity contribution is 7.58. The minimum Gasteiger partial charge on any atom is -0.408 e. The number of aromatic amines is 1. The van der Waals surface area contributed by atoms with Gasteiger partial charge in [0.2, 0.25) is 13.3 Å². The normalized spacial score (nSPS) is 23.8. The van der Waals surface area contributed by atoms with Crippen molar-refractivity contribution in [2.75, 3.05) is 53.4 Å². The van der Waals surface area contributed by atoms with E-state index in [0.717, 1.165) is 0 Å². The predicted octanol–water partition coefficient (Wildman–Crippen LogP) is 2.24. The summed E-state index contributed by atoms with van der Waals surface area (Å²) in [5.41, 5.74) is -0.894. The second-order valence-corrected chi connectivity index (χ2v) is 19.2. The molecular formula is C26H48N3O10PSi. The maximum atomic E-state index is 13.4. The third kappa shape index (κ3) is 9.42. The van der Waals surface area contributed by atoms with Crippen molar-refractivity contribution in [1.82, 2.24) is 14.9 Å². The summed E-state index contributed by atoms with van der Waals surface area (Å²) < 4.78 is 51.2. The first-order valence-corrected chi connectivity index (χ1v) is 18.9. The third-order valence-electron chi connectivity index (χ3n) is 7.47. The largest absolute Gasteiger partial charge is 0.408 e. The molecule has 0 bridgehead atoms. The lowest BCUT2D eigenvalue weighted by atomic mass is 10.1.